The van der Waals surface area contributed by atoms with Gasteiger partial charge in [-0.05, 0) is 82.3 Å². The molecule has 1 unspecified atom stereocenters. The van der Waals surface area contributed by atoms with Crippen molar-refractivity contribution < 1.29 is 22.7 Å². The number of aryl methyl sites for hydroxylation is 2. The summed E-state index contributed by atoms with van der Waals surface area (Å²) in [6, 6.07) is 7.49. The van der Waals surface area contributed by atoms with Gasteiger partial charge >= 0.3 is 5.97 Å². The average molecular weight is 465 g/mol. The number of rotatable bonds is 7. The molecule has 0 saturated carbocycles. The lowest BCUT2D eigenvalue weighted by atomic mass is 10.1. The zero-order valence-corrected chi connectivity index (χ0v) is 19.6. The zero-order valence-electron chi connectivity index (χ0n) is 17.9. The van der Waals surface area contributed by atoms with E-state index in [1.807, 2.05) is 6.07 Å². The second-order valence-corrected chi connectivity index (χ2v) is 10.8. The lowest BCUT2D eigenvalue weighted by Crippen LogP contribution is -2.30. The van der Waals surface area contributed by atoms with E-state index in [1.165, 1.54) is 59.4 Å². The number of hydrogen-bond acceptors (Lipinski definition) is 6. The van der Waals surface area contributed by atoms with Crippen LogP contribution in [0.5, 0.6) is 0 Å². The van der Waals surface area contributed by atoms with E-state index in [-0.39, 0.29) is 10.9 Å². The third kappa shape index (κ3) is 6.15. The minimum absolute atomic E-state index is 0.108. The Kier molecular flexibility index (Phi) is 7.51. The van der Waals surface area contributed by atoms with Gasteiger partial charge in [-0.3, -0.25) is 4.79 Å². The van der Waals surface area contributed by atoms with Crippen molar-refractivity contribution in [1.82, 2.24) is 4.72 Å². The second kappa shape index (κ2) is 9.93. The predicted molar refractivity (Wildman–Crippen MR) is 121 cm³/mol. The summed E-state index contributed by atoms with van der Waals surface area (Å²) in [5.74, 6) is -0.982. The highest BCUT2D eigenvalue weighted by Gasteiger charge is 2.23. The van der Waals surface area contributed by atoms with E-state index < -0.39 is 28.0 Å². The maximum atomic E-state index is 12.5. The molecule has 0 saturated heterocycles. The van der Waals surface area contributed by atoms with Crippen molar-refractivity contribution in [3.63, 3.8) is 0 Å². The summed E-state index contributed by atoms with van der Waals surface area (Å²) < 4.78 is 32.2. The number of ether oxygens (including phenoxy) is 1. The van der Waals surface area contributed by atoms with E-state index in [9.17, 15) is 18.0 Å². The average Bonchev–Trinajstić information content (AvgIpc) is 2.98. The molecule has 1 heterocycles. The van der Waals surface area contributed by atoms with Crippen molar-refractivity contribution in [3.05, 3.63) is 45.6 Å². The van der Waals surface area contributed by atoms with E-state index >= 15 is 0 Å². The van der Waals surface area contributed by atoms with Crippen molar-refractivity contribution in [2.24, 2.45) is 0 Å². The first kappa shape index (κ1) is 23.4. The lowest BCUT2D eigenvalue weighted by Gasteiger charge is -2.14. The highest BCUT2D eigenvalue weighted by atomic mass is 32.2. The molecule has 0 fully saturated rings. The molecule has 31 heavy (non-hydrogen) atoms. The van der Waals surface area contributed by atoms with Crippen LogP contribution < -0.4 is 10.0 Å². The summed E-state index contributed by atoms with van der Waals surface area (Å²) in [6.45, 7) is 4.99. The van der Waals surface area contributed by atoms with Crippen molar-refractivity contribution in [2.75, 3.05) is 5.32 Å². The van der Waals surface area contributed by atoms with Crippen LogP contribution in [0.4, 0.5) is 5.69 Å². The van der Waals surface area contributed by atoms with E-state index in [2.05, 4.69) is 10.0 Å². The first-order valence-electron chi connectivity index (χ1n) is 10.4. The van der Waals surface area contributed by atoms with E-state index in [0.717, 1.165) is 25.7 Å². The number of amides is 1. The molecule has 1 aliphatic rings. The van der Waals surface area contributed by atoms with Gasteiger partial charge in [0, 0.05) is 16.6 Å². The summed E-state index contributed by atoms with van der Waals surface area (Å²) >= 11 is 1.45. The van der Waals surface area contributed by atoms with Crippen LogP contribution >= 0.6 is 11.3 Å². The van der Waals surface area contributed by atoms with Gasteiger partial charge in [0.1, 0.15) is 4.88 Å². The van der Waals surface area contributed by atoms with Crippen molar-refractivity contribution in [2.45, 2.75) is 69.9 Å². The fourth-order valence-corrected chi connectivity index (χ4v) is 5.77. The second-order valence-electron chi connectivity index (χ2n) is 7.96. The molecule has 1 aromatic carbocycles. The van der Waals surface area contributed by atoms with Gasteiger partial charge in [0.25, 0.3) is 5.91 Å². The third-order valence-electron chi connectivity index (χ3n) is 4.92. The monoisotopic (exact) mass is 464 g/mol. The number of thiophene rings is 1. The molecule has 0 spiro atoms. The Hall–Kier alpha value is -2.23. The molecule has 1 atom stereocenters. The molecule has 0 radical (unpaired) electrons. The Morgan fingerprint density at radius 3 is 2.39 bits per heavy atom. The van der Waals surface area contributed by atoms with Crippen LogP contribution in [0.15, 0.2) is 35.2 Å². The van der Waals surface area contributed by atoms with Crippen LogP contribution in [-0.4, -0.2) is 32.4 Å². The van der Waals surface area contributed by atoms with Crippen molar-refractivity contribution in [1.29, 1.82) is 0 Å². The van der Waals surface area contributed by atoms with Gasteiger partial charge in [0.05, 0.1) is 4.90 Å². The highest BCUT2D eigenvalue weighted by Crippen LogP contribution is 2.29. The van der Waals surface area contributed by atoms with Crippen LogP contribution in [0, 0.1) is 0 Å². The maximum Gasteiger partial charge on any atom is 0.349 e. The van der Waals surface area contributed by atoms with Crippen LogP contribution in [0.25, 0.3) is 0 Å². The number of benzene rings is 1. The standard InChI is InChI=1S/C22H28N2O5S2/c1-14(2)24-31(27,28)18-11-9-17(10-12-18)23-21(25)15(3)29-22(26)20-13-16-7-5-4-6-8-19(16)30-20/h9-15,24H,4-8H2,1-3H3,(H,23,25). The highest BCUT2D eigenvalue weighted by molar-refractivity contribution is 7.89. The van der Waals surface area contributed by atoms with Gasteiger partial charge in [0.15, 0.2) is 6.10 Å². The molecule has 1 aromatic heterocycles. The van der Waals surface area contributed by atoms with Gasteiger partial charge in [-0.1, -0.05) is 6.42 Å². The molecular weight excluding hydrogens is 436 g/mol. The fourth-order valence-electron chi connectivity index (χ4n) is 3.38. The van der Waals surface area contributed by atoms with Gasteiger partial charge in [0.2, 0.25) is 10.0 Å². The maximum absolute atomic E-state index is 12.5. The molecule has 0 aliphatic heterocycles. The largest absolute Gasteiger partial charge is 0.448 e. The van der Waals surface area contributed by atoms with Crippen LogP contribution in [-0.2, 0) is 32.4 Å². The van der Waals surface area contributed by atoms with E-state index in [4.69, 9.17) is 4.74 Å². The summed E-state index contributed by atoms with van der Waals surface area (Å²) in [7, 11) is -3.60. The molecule has 2 aromatic rings. The molecule has 1 amide bonds. The first-order valence-corrected chi connectivity index (χ1v) is 12.7. The Bertz CT molecular complexity index is 1020. The Labute approximate surface area is 187 Å². The minimum atomic E-state index is -3.60. The Balaban J connectivity index is 1.58. The van der Waals surface area contributed by atoms with Gasteiger partial charge in [-0.2, -0.15) is 0 Å². The number of carbonyl (C=O) groups is 2. The minimum Gasteiger partial charge on any atom is -0.448 e. The van der Waals surface area contributed by atoms with Crippen LogP contribution in [0.3, 0.4) is 0 Å². The van der Waals surface area contributed by atoms with Gasteiger partial charge < -0.3 is 10.1 Å². The molecule has 3 rings (SSSR count). The van der Waals surface area contributed by atoms with Crippen molar-refractivity contribution >= 4 is 38.9 Å². The first-order chi connectivity index (χ1) is 14.7. The number of nitrogens with one attached hydrogen (secondary N) is 2. The molecule has 1 aliphatic carbocycles. The number of esters is 1. The SMILES string of the molecule is CC(C)NS(=O)(=O)c1ccc(NC(=O)C(C)OC(=O)c2cc3c(s2)CCCCC3)cc1. The number of fused-ring (bicyclic) bond motifs is 1. The van der Waals surface area contributed by atoms with Gasteiger partial charge in [-0.25, -0.2) is 17.9 Å². The zero-order chi connectivity index (χ0) is 22.6. The van der Waals surface area contributed by atoms with Gasteiger partial charge in [-0.15, -0.1) is 11.3 Å². The number of carbonyl (C=O) groups excluding carboxylic acids is 2. The normalized spacial score (nSPS) is 15.1. The lowest BCUT2D eigenvalue weighted by molar-refractivity contribution is -0.123. The predicted octanol–water partition coefficient (Wildman–Crippen LogP) is 3.89. The molecule has 0 bridgehead atoms. The number of anilines is 1. The number of sulfonamides is 1. The van der Waals surface area contributed by atoms with Crippen LogP contribution in [0.2, 0.25) is 0 Å². The Morgan fingerprint density at radius 2 is 1.71 bits per heavy atom. The molecule has 2 N–H and O–H groups in total. The molecule has 168 valence electrons. The Morgan fingerprint density at radius 1 is 1.03 bits per heavy atom. The van der Waals surface area contributed by atoms with Crippen LogP contribution in [0.1, 0.15) is 60.1 Å². The molecular formula is C22H28N2O5S2. The third-order valence-corrected chi connectivity index (χ3v) is 7.82. The number of hydrogen-bond donors (Lipinski definition) is 2. The smallest absolute Gasteiger partial charge is 0.349 e. The summed E-state index contributed by atoms with van der Waals surface area (Å²) in [5, 5.41) is 2.65. The fraction of sp³-hybridized carbons (Fsp3) is 0.455. The van der Waals surface area contributed by atoms with E-state index in [1.54, 1.807) is 13.8 Å². The summed E-state index contributed by atoms with van der Waals surface area (Å²) in [6.07, 6.45) is 4.45. The van der Waals surface area contributed by atoms with E-state index in [0.29, 0.717) is 10.6 Å². The van der Waals surface area contributed by atoms with Crippen molar-refractivity contribution in [3.8, 4) is 0 Å². The summed E-state index contributed by atoms with van der Waals surface area (Å²) in [5.41, 5.74) is 1.63. The topological polar surface area (TPSA) is 102 Å². The summed E-state index contributed by atoms with van der Waals surface area (Å²) in [4.78, 5) is 26.8. The molecule has 9 heteroatoms. The quantitative estimate of drug-likeness (QED) is 0.478. The molecule has 7 nitrogen and oxygen atoms in total.